The highest BCUT2D eigenvalue weighted by atomic mass is 16.4. The maximum absolute atomic E-state index is 12.8. The van der Waals surface area contributed by atoms with Crippen molar-refractivity contribution in [3.8, 4) is 0 Å². The van der Waals surface area contributed by atoms with Crippen molar-refractivity contribution in [1.29, 1.82) is 0 Å². The first kappa shape index (κ1) is 23.4. The van der Waals surface area contributed by atoms with E-state index in [0.29, 0.717) is 31.5 Å². The second kappa shape index (κ2) is 10.4. The predicted octanol–water partition coefficient (Wildman–Crippen LogP) is 3.37. The fourth-order valence-corrected chi connectivity index (χ4v) is 4.91. The van der Waals surface area contributed by atoms with Gasteiger partial charge < -0.3 is 15.5 Å². The Kier molecular flexibility index (Phi) is 7.40. The van der Waals surface area contributed by atoms with Gasteiger partial charge in [-0.3, -0.25) is 14.5 Å². The summed E-state index contributed by atoms with van der Waals surface area (Å²) in [6.45, 7) is 1.72. The smallest absolute Gasteiger partial charge is 0.325 e. The van der Waals surface area contributed by atoms with Gasteiger partial charge in [-0.05, 0) is 62.1 Å². The molecule has 0 radical (unpaired) electrons. The van der Waals surface area contributed by atoms with Gasteiger partial charge in [0.25, 0.3) is 0 Å². The summed E-state index contributed by atoms with van der Waals surface area (Å²) in [4.78, 5) is 31.2. The molecule has 0 aliphatic carbocycles. The number of unbranched alkanes of at least 4 members (excludes halogenated alkanes) is 1. The molecule has 0 saturated carbocycles. The summed E-state index contributed by atoms with van der Waals surface area (Å²) in [5, 5.41) is 24.0. The molecule has 7 nitrogen and oxygen atoms in total. The third kappa shape index (κ3) is 5.60. The van der Waals surface area contributed by atoms with Crippen molar-refractivity contribution in [2.24, 2.45) is 0 Å². The SMILES string of the molecule is O=C(O)C(c1ccccc1)N1CCC(O)(C(=O)CCCCc2ccc3c(n2)NCCC3)CC1. The molecule has 1 atom stereocenters. The molecular formula is C26H33N3O4. The average Bonchev–Trinajstić information content (AvgIpc) is 2.83. The van der Waals surface area contributed by atoms with Crippen molar-refractivity contribution < 1.29 is 19.8 Å². The summed E-state index contributed by atoms with van der Waals surface area (Å²) in [6.07, 6.45) is 5.43. The number of fused-ring (bicyclic) bond motifs is 1. The number of aliphatic hydroxyl groups is 1. The first-order chi connectivity index (χ1) is 16.0. The number of benzene rings is 1. The van der Waals surface area contributed by atoms with Gasteiger partial charge in [0.2, 0.25) is 0 Å². The fraction of sp³-hybridized carbons (Fsp3) is 0.500. The predicted molar refractivity (Wildman–Crippen MR) is 126 cm³/mol. The molecule has 1 fully saturated rings. The number of nitrogens with one attached hydrogen (secondary N) is 1. The third-order valence-corrected chi connectivity index (χ3v) is 6.90. The van der Waals surface area contributed by atoms with E-state index in [1.165, 1.54) is 5.56 Å². The molecule has 4 rings (SSSR count). The first-order valence-corrected chi connectivity index (χ1v) is 12.0. The minimum Gasteiger partial charge on any atom is -0.480 e. The number of piperidine rings is 1. The molecule has 33 heavy (non-hydrogen) atoms. The van der Waals surface area contributed by atoms with Crippen LogP contribution in [0.1, 0.15) is 61.4 Å². The van der Waals surface area contributed by atoms with Crippen LogP contribution >= 0.6 is 0 Å². The number of aliphatic carboxylic acids is 1. The third-order valence-electron chi connectivity index (χ3n) is 6.90. The van der Waals surface area contributed by atoms with Gasteiger partial charge in [-0.25, -0.2) is 4.98 Å². The van der Waals surface area contributed by atoms with Gasteiger partial charge >= 0.3 is 5.97 Å². The zero-order chi connectivity index (χ0) is 23.3. The van der Waals surface area contributed by atoms with E-state index in [9.17, 15) is 19.8 Å². The Morgan fingerprint density at radius 2 is 1.85 bits per heavy atom. The topological polar surface area (TPSA) is 103 Å². The molecule has 1 unspecified atom stereocenters. The van der Waals surface area contributed by atoms with Crippen LogP contribution < -0.4 is 5.32 Å². The molecule has 7 heteroatoms. The number of carboxylic acid groups (broad SMARTS) is 1. The van der Waals surface area contributed by atoms with Crippen molar-refractivity contribution >= 4 is 17.6 Å². The highest BCUT2D eigenvalue weighted by molar-refractivity contribution is 5.87. The van der Waals surface area contributed by atoms with E-state index in [1.807, 2.05) is 23.1 Å². The largest absolute Gasteiger partial charge is 0.480 e. The standard InChI is InChI=1S/C26H33N3O4/c30-22(11-5-4-10-21-13-12-20-9-6-16-27-24(20)28-21)26(33)14-17-29(18-15-26)23(25(31)32)19-7-2-1-3-8-19/h1-3,7-8,12-13,23,33H,4-6,9-11,14-18H2,(H,27,28)(H,31,32). The van der Waals surface area contributed by atoms with Crippen LogP contribution in [-0.4, -0.2) is 57.1 Å². The van der Waals surface area contributed by atoms with Crippen molar-refractivity contribution in [3.05, 3.63) is 59.3 Å². The molecule has 1 aromatic heterocycles. The molecule has 176 valence electrons. The van der Waals surface area contributed by atoms with Crippen LogP contribution in [0.25, 0.3) is 0 Å². The van der Waals surface area contributed by atoms with E-state index in [0.717, 1.165) is 43.7 Å². The Hall–Kier alpha value is -2.77. The lowest BCUT2D eigenvalue weighted by molar-refractivity contribution is -0.149. The fourth-order valence-electron chi connectivity index (χ4n) is 4.91. The molecule has 2 aliphatic heterocycles. The monoisotopic (exact) mass is 451 g/mol. The van der Waals surface area contributed by atoms with Crippen molar-refractivity contribution in [2.75, 3.05) is 25.0 Å². The lowest BCUT2D eigenvalue weighted by atomic mass is 9.84. The van der Waals surface area contributed by atoms with E-state index in [1.54, 1.807) is 12.1 Å². The number of likely N-dealkylation sites (tertiary alicyclic amines) is 1. The summed E-state index contributed by atoms with van der Waals surface area (Å²) in [5.74, 6) is -0.0520. The van der Waals surface area contributed by atoms with Gasteiger partial charge in [-0.2, -0.15) is 0 Å². The molecular weight excluding hydrogens is 418 g/mol. The molecule has 0 bridgehead atoms. The summed E-state index contributed by atoms with van der Waals surface area (Å²) in [6, 6.07) is 12.6. The number of hydrogen-bond acceptors (Lipinski definition) is 6. The minimum atomic E-state index is -1.36. The van der Waals surface area contributed by atoms with Crippen LogP contribution in [0.4, 0.5) is 5.82 Å². The lowest BCUT2D eigenvalue weighted by Gasteiger charge is -2.39. The Labute approximate surface area is 194 Å². The molecule has 1 aromatic carbocycles. The number of anilines is 1. The van der Waals surface area contributed by atoms with E-state index >= 15 is 0 Å². The highest BCUT2D eigenvalue weighted by Crippen LogP contribution is 2.31. The molecule has 2 aliphatic rings. The number of aromatic nitrogens is 1. The molecule has 2 aromatic rings. The first-order valence-electron chi connectivity index (χ1n) is 12.0. The van der Waals surface area contributed by atoms with Crippen molar-refractivity contribution in [2.45, 2.75) is 63.0 Å². The van der Waals surface area contributed by atoms with Gasteiger partial charge in [-0.1, -0.05) is 36.4 Å². The van der Waals surface area contributed by atoms with Gasteiger partial charge in [-0.15, -0.1) is 0 Å². The normalized spacial score (nSPS) is 18.7. The number of hydrogen-bond donors (Lipinski definition) is 3. The van der Waals surface area contributed by atoms with Crippen LogP contribution in [0.2, 0.25) is 0 Å². The second-order valence-corrected chi connectivity index (χ2v) is 9.19. The number of rotatable bonds is 9. The highest BCUT2D eigenvalue weighted by Gasteiger charge is 2.41. The number of aryl methyl sites for hydroxylation is 2. The van der Waals surface area contributed by atoms with Crippen molar-refractivity contribution in [1.82, 2.24) is 9.88 Å². The lowest BCUT2D eigenvalue weighted by Crippen LogP contribution is -2.51. The van der Waals surface area contributed by atoms with Crippen LogP contribution in [0.5, 0.6) is 0 Å². The maximum atomic E-state index is 12.8. The van der Waals surface area contributed by atoms with Crippen LogP contribution in [-0.2, 0) is 22.4 Å². The molecule has 1 saturated heterocycles. The number of nitrogens with zero attached hydrogens (tertiary/aromatic N) is 2. The Morgan fingerprint density at radius 1 is 1.09 bits per heavy atom. The quantitative estimate of drug-likeness (QED) is 0.502. The second-order valence-electron chi connectivity index (χ2n) is 9.19. The van der Waals surface area contributed by atoms with E-state index in [-0.39, 0.29) is 18.6 Å². The number of pyridine rings is 1. The number of ketones is 1. The van der Waals surface area contributed by atoms with Gasteiger partial charge in [0.05, 0.1) is 0 Å². The summed E-state index contributed by atoms with van der Waals surface area (Å²) in [7, 11) is 0. The molecule has 3 heterocycles. The maximum Gasteiger partial charge on any atom is 0.325 e. The summed E-state index contributed by atoms with van der Waals surface area (Å²) in [5.41, 5.74) is 1.66. The van der Waals surface area contributed by atoms with Crippen molar-refractivity contribution in [3.63, 3.8) is 0 Å². The van der Waals surface area contributed by atoms with Crippen LogP contribution in [0, 0.1) is 0 Å². The van der Waals surface area contributed by atoms with Gasteiger partial charge in [0.1, 0.15) is 17.5 Å². The molecule has 3 N–H and O–H groups in total. The van der Waals surface area contributed by atoms with E-state index in [4.69, 9.17) is 4.98 Å². The van der Waals surface area contributed by atoms with Crippen LogP contribution in [0.15, 0.2) is 42.5 Å². The zero-order valence-corrected chi connectivity index (χ0v) is 19.0. The number of carbonyl (C=O) groups excluding carboxylic acids is 1. The minimum absolute atomic E-state index is 0.131. The van der Waals surface area contributed by atoms with Gasteiger partial charge in [0.15, 0.2) is 5.78 Å². The number of carbonyl (C=O) groups is 2. The van der Waals surface area contributed by atoms with E-state index in [2.05, 4.69) is 17.4 Å². The summed E-state index contributed by atoms with van der Waals surface area (Å²) >= 11 is 0. The molecule has 0 amide bonds. The Bertz CT molecular complexity index is 971. The number of Topliss-reactive ketones (excluding diaryl/α,β-unsaturated/α-hetero) is 1. The number of carboxylic acids is 1. The zero-order valence-electron chi connectivity index (χ0n) is 19.0. The van der Waals surface area contributed by atoms with Gasteiger partial charge in [0, 0.05) is 31.7 Å². The Balaban J connectivity index is 1.25. The molecule has 0 spiro atoms. The van der Waals surface area contributed by atoms with Crippen LogP contribution in [0.3, 0.4) is 0 Å². The van der Waals surface area contributed by atoms with E-state index < -0.39 is 17.6 Å². The Morgan fingerprint density at radius 3 is 2.58 bits per heavy atom. The summed E-state index contributed by atoms with van der Waals surface area (Å²) < 4.78 is 0. The average molecular weight is 452 g/mol.